The number of ether oxygens (including phenoxy) is 1. The summed E-state index contributed by atoms with van der Waals surface area (Å²) < 4.78 is 5.35. The molecule has 0 aliphatic carbocycles. The molecule has 1 unspecified atom stereocenters. The van der Waals surface area contributed by atoms with Crippen molar-refractivity contribution >= 4 is 5.97 Å². The summed E-state index contributed by atoms with van der Waals surface area (Å²) in [4.78, 5) is 12.2. The maximum absolute atomic E-state index is 12.2. The zero-order valence-electron chi connectivity index (χ0n) is 11.7. The van der Waals surface area contributed by atoms with Gasteiger partial charge in [-0.25, -0.2) is 0 Å². The van der Waals surface area contributed by atoms with Crippen LogP contribution >= 0.6 is 0 Å². The van der Waals surface area contributed by atoms with Gasteiger partial charge < -0.3 is 9.84 Å². The number of hydrogen-bond acceptors (Lipinski definition) is 3. The van der Waals surface area contributed by atoms with Crippen molar-refractivity contribution in [3.8, 4) is 11.5 Å². The molecule has 2 aromatic carbocycles. The first-order chi connectivity index (χ1) is 9.47. The highest BCUT2D eigenvalue weighted by molar-refractivity contribution is 5.90. The number of hydrogen-bond donors (Lipinski definition) is 1. The Morgan fingerprint density at radius 3 is 2.50 bits per heavy atom. The van der Waals surface area contributed by atoms with E-state index in [1.54, 1.807) is 6.07 Å². The Bertz CT molecular complexity index is 716. The summed E-state index contributed by atoms with van der Waals surface area (Å²) in [6, 6.07) is 9.33. The average molecular weight is 268 g/mol. The second kappa shape index (κ2) is 4.37. The maximum Gasteiger partial charge on any atom is 0.323 e. The lowest BCUT2D eigenvalue weighted by atomic mass is 9.88. The smallest absolute Gasteiger partial charge is 0.323 e. The van der Waals surface area contributed by atoms with Crippen LogP contribution in [0.15, 0.2) is 30.3 Å². The van der Waals surface area contributed by atoms with Crippen molar-refractivity contribution in [1.82, 2.24) is 0 Å². The van der Waals surface area contributed by atoms with E-state index >= 15 is 0 Å². The molecule has 1 aliphatic heterocycles. The van der Waals surface area contributed by atoms with Crippen LogP contribution in [0.1, 0.15) is 33.7 Å². The van der Waals surface area contributed by atoms with Crippen molar-refractivity contribution in [3.63, 3.8) is 0 Å². The van der Waals surface area contributed by atoms with Gasteiger partial charge >= 0.3 is 5.97 Å². The highest BCUT2D eigenvalue weighted by Crippen LogP contribution is 2.41. The minimum absolute atomic E-state index is 0.251. The molecule has 0 saturated heterocycles. The third kappa shape index (κ3) is 1.86. The highest BCUT2D eigenvalue weighted by atomic mass is 16.5. The molecule has 0 spiro atoms. The van der Waals surface area contributed by atoms with Gasteiger partial charge in [0.15, 0.2) is 0 Å². The number of fused-ring (bicyclic) bond motifs is 1. The van der Waals surface area contributed by atoms with Crippen LogP contribution in [0, 0.1) is 20.8 Å². The first-order valence-electron chi connectivity index (χ1n) is 6.59. The molecule has 0 bridgehead atoms. The number of esters is 1. The van der Waals surface area contributed by atoms with Gasteiger partial charge in [0, 0.05) is 5.56 Å². The molecule has 1 atom stereocenters. The van der Waals surface area contributed by atoms with E-state index in [-0.39, 0.29) is 11.7 Å². The molecule has 3 heteroatoms. The van der Waals surface area contributed by atoms with Gasteiger partial charge in [-0.1, -0.05) is 23.8 Å². The number of benzene rings is 2. The number of carbonyl (C=O) groups excluding carboxylic acids is 1. The topological polar surface area (TPSA) is 46.5 Å². The molecule has 0 saturated carbocycles. The quantitative estimate of drug-likeness (QED) is 0.637. The molecule has 0 amide bonds. The fourth-order valence-electron chi connectivity index (χ4n) is 2.71. The molecular weight excluding hydrogens is 252 g/mol. The summed E-state index contributed by atoms with van der Waals surface area (Å²) >= 11 is 0. The fourth-order valence-corrected chi connectivity index (χ4v) is 2.71. The molecule has 0 radical (unpaired) electrons. The van der Waals surface area contributed by atoms with E-state index in [0.29, 0.717) is 5.75 Å². The molecule has 3 rings (SSSR count). The molecule has 102 valence electrons. The number of phenolic OH excluding ortho intramolecular Hbond substituents is 1. The zero-order chi connectivity index (χ0) is 14.4. The Morgan fingerprint density at radius 2 is 1.75 bits per heavy atom. The summed E-state index contributed by atoms with van der Waals surface area (Å²) in [5.41, 5.74) is 4.56. The summed E-state index contributed by atoms with van der Waals surface area (Å²) in [6.45, 7) is 5.72. The number of aryl methyl sites for hydroxylation is 3. The molecule has 0 fully saturated rings. The largest absolute Gasteiger partial charge is 0.508 e. The van der Waals surface area contributed by atoms with E-state index in [9.17, 15) is 9.90 Å². The standard InChI is InChI=1S/C17H16O3/c1-9-4-5-15-13(6-9)16(17(19)20-15)12-7-11(3)14(18)8-10(12)2/h4-8,16,18H,1-3H3. The molecule has 3 nitrogen and oxygen atoms in total. The van der Waals surface area contributed by atoms with Crippen LogP contribution in [-0.2, 0) is 4.79 Å². The number of phenols is 1. The molecule has 20 heavy (non-hydrogen) atoms. The van der Waals surface area contributed by atoms with Crippen LogP contribution in [0.3, 0.4) is 0 Å². The van der Waals surface area contributed by atoms with Gasteiger partial charge in [-0.15, -0.1) is 0 Å². The Hall–Kier alpha value is -2.29. The van der Waals surface area contributed by atoms with E-state index in [4.69, 9.17) is 4.74 Å². The third-order valence-electron chi connectivity index (χ3n) is 3.82. The van der Waals surface area contributed by atoms with E-state index < -0.39 is 5.92 Å². The normalized spacial score (nSPS) is 16.9. The molecule has 0 aromatic heterocycles. The fraction of sp³-hybridized carbons (Fsp3) is 0.235. The van der Waals surface area contributed by atoms with Crippen molar-refractivity contribution in [2.24, 2.45) is 0 Å². The van der Waals surface area contributed by atoms with Crippen LogP contribution in [0.5, 0.6) is 11.5 Å². The molecule has 1 heterocycles. The van der Waals surface area contributed by atoms with Crippen LogP contribution in [-0.4, -0.2) is 11.1 Å². The van der Waals surface area contributed by atoms with Gasteiger partial charge in [0.1, 0.15) is 17.4 Å². The Balaban J connectivity index is 2.19. The van der Waals surface area contributed by atoms with Crippen molar-refractivity contribution in [2.75, 3.05) is 0 Å². The second-order valence-electron chi connectivity index (χ2n) is 5.39. The average Bonchev–Trinajstić information content (AvgIpc) is 2.69. The molecule has 1 aliphatic rings. The van der Waals surface area contributed by atoms with E-state index in [1.807, 2.05) is 45.0 Å². The number of rotatable bonds is 1. The minimum Gasteiger partial charge on any atom is -0.508 e. The van der Waals surface area contributed by atoms with E-state index in [2.05, 4.69) is 0 Å². The SMILES string of the molecule is Cc1ccc2c(c1)C(c1cc(C)c(O)cc1C)C(=O)O2. The van der Waals surface area contributed by atoms with Crippen molar-refractivity contribution in [1.29, 1.82) is 0 Å². The molecule has 1 N–H and O–H groups in total. The van der Waals surface area contributed by atoms with Gasteiger partial charge in [-0.05, 0) is 49.6 Å². The lowest BCUT2D eigenvalue weighted by Gasteiger charge is -2.13. The van der Waals surface area contributed by atoms with Gasteiger partial charge in [0.05, 0.1) is 0 Å². The van der Waals surface area contributed by atoms with Crippen LogP contribution < -0.4 is 4.74 Å². The predicted molar refractivity (Wildman–Crippen MR) is 76.2 cm³/mol. The summed E-state index contributed by atoms with van der Waals surface area (Å²) in [5.74, 6) is 0.237. The van der Waals surface area contributed by atoms with Crippen molar-refractivity contribution < 1.29 is 14.6 Å². The van der Waals surface area contributed by atoms with E-state index in [0.717, 1.165) is 27.8 Å². The summed E-state index contributed by atoms with van der Waals surface area (Å²) in [5, 5.41) is 9.76. The van der Waals surface area contributed by atoms with E-state index in [1.165, 1.54) is 0 Å². The van der Waals surface area contributed by atoms with Gasteiger partial charge in [-0.3, -0.25) is 4.79 Å². The number of aromatic hydroxyl groups is 1. The van der Waals surface area contributed by atoms with Crippen LogP contribution in [0.2, 0.25) is 0 Å². The van der Waals surface area contributed by atoms with Crippen molar-refractivity contribution in [3.05, 3.63) is 58.1 Å². The van der Waals surface area contributed by atoms with Crippen molar-refractivity contribution in [2.45, 2.75) is 26.7 Å². The van der Waals surface area contributed by atoms with Gasteiger partial charge in [0.2, 0.25) is 0 Å². The Labute approximate surface area is 117 Å². The van der Waals surface area contributed by atoms with Gasteiger partial charge in [0.25, 0.3) is 0 Å². The van der Waals surface area contributed by atoms with Crippen LogP contribution in [0.4, 0.5) is 0 Å². The Morgan fingerprint density at radius 1 is 1.00 bits per heavy atom. The predicted octanol–water partition coefficient (Wildman–Crippen LogP) is 3.37. The highest BCUT2D eigenvalue weighted by Gasteiger charge is 2.35. The first-order valence-corrected chi connectivity index (χ1v) is 6.59. The third-order valence-corrected chi connectivity index (χ3v) is 3.82. The minimum atomic E-state index is -0.399. The monoisotopic (exact) mass is 268 g/mol. The molecular formula is C17H16O3. The lowest BCUT2D eigenvalue weighted by Crippen LogP contribution is -2.13. The van der Waals surface area contributed by atoms with Gasteiger partial charge in [-0.2, -0.15) is 0 Å². The maximum atomic E-state index is 12.2. The Kier molecular flexibility index (Phi) is 2.78. The summed E-state index contributed by atoms with van der Waals surface area (Å²) in [6.07, 6.45) is 0. The summed E-state index contributed by atoms with van der Waals surface area (Å²) in [7, 11) is 0. The van der Waals surface area contributed by atoms with Crippen LogP contribution in [0.25, 0.3) is 0 Å². The first kappa shape index (κ1) is 12.7. The second-order valence-corrected chi connectivity index (χ2v) is 5.39. The number of carbonyl (C=O) groups is 1. The zero-order valence-corrected chi connectivity index (χ0v) is 11.7. The molecule has 2 aromatic rings. The lowest BCUT2D eigenvalue weighted by molar-refractivity contribution is -0.133.